The Morgan fingerprint density at radius 1 is 0.882 bits per heavy atom. The zero-order valence-electron chi connectivity index (χ0n) is 12.3. The van der Waals surface area contributed by atoms with Crippen LogP contribution in [0.25, 0.3) is 0 Å². The van der Waals surface area contributed by atoms with Gasteiger partial charge in [-0.05, 0) is 27.4 Å². The number of rotatable bonds is 9. The maximum Gasteiger partial charge on any atom is 0.104 e. The van der Waals surface area contributed by atoms with Gasteiger partial charge >= 0.3 is 0 Å². The molecule has 17 heavy (non-hydrogen) atoms. The van der Waals surface area contributed by atoms with E-state index in [2.05, 4.69) is 6.92 Å². The highest BCUT2D eigenvalue weighted by Crippen LogP contribution is 2.07. The molecule has 0 aromatic heterocycles. The number of aliphatic hydroxyl groups is 2. The fraction of sp³-hybridized carbons (Fsp3) is 1.00. The van der Waals surface area contributed by atoms with Crippen molar-refractivity contribution in [3.05, 3.63) is 0 Å². The third-order valence-corrected chi connectivity index (χ3v) is 2.76. The fourth-order valence-electron chi connectivity index (χ4n) is 1.25. The number of aliphatic hydroxyl groups excluding tert-OH is 2. The van der Waals surface area contributed by atoms with Gasteiger partial charge in [0.25, 0.3) is 0 Å². The topological polar surface area (TPSA) is 43.7 Å². The molecule has 1 atom stereocenters. The monoisotopic (exact) mass is 247 g/mol. The van der Waals surface area contributed by atoms with Gasteiger partial charge in [-0.1, -0.05) is 51.9 Å². The van der Waals surface area contributed by atoms with Crippen molar-refractivity contribution < 1.29 is 10.2 Å². The molecule has 3 nitrogen and oxygen atoms in total. The minimum absolute atomic E-state index is 0.315. The number of unbranched alkanes of at least 4 members (excludes halogenated alkanes) is 7. The third-order valence-electron chi connectivity index (χ3n) is 2.76. The average molecular weight is 247 g/mol. The molecule has 0 aromatic rings. The maximum atomic E-state index is 8.56. The van der Waals surface area contributed by atoms with Gasteiger partial charge in [-0.15, -0.1) is 0 Å². The van der Waals surface area contributed by atoms with Crippen LogP contribution in [-0.2, 0) is 0 Å². The molecule has 0 rings (SSSR count). The van der Waals surface area contributed by atoms with Gasteiger partial charge in [-0.25, -0.2) is 0 Å². The van der Waals surface area contributed by atoms with Crippen molar-refractivity contribution in [1.29, 1.82) is 0 Å². The molecule has 0 aromatic carbocycles. The second-order valence-electron chi connectivity index (χ2n) is 4.79. The Morgan fingerprint density at radius 3 is 1.53 bits per heavy atom. The number of hydrogen-bond donors (Lipinski definition) is 2. The average Bonchev–Trinajstić information content (AvgIpc) is 2.29. The van der Waals surface area contributed by atoms with Crippen LogP contribution in [0.2, 0.25) is 0 Å². The molecular weight excluding hydrogens is 214 g/mol. The van der Waals surface area contributed by atoms with Crippen LogP contribution in [-0.4, -0.2) is 42.0 Å². The van der Waals surface area contributed by atoms with Gasteiger partial charge in [0.05, 0.1) is 0 Å². The lowest BCUT2D eigenvalue weighted by Gasteiger charge is -2.11. The lowest BCUT2D eigenvalue weighted by molar-refractivity contribution is 0.0578. The van der Waals surface area contributed by atoms with E-state index in [0.717, 1.165) is 6.42 Å². The van der Waals surface area contributed by atoms with Crippen molar-refractivity contribution in [3.8, 4) is 0 Å². The van der Waals surface area contributed by atoms with Crippen LogP contribution < -0.4 is 0 Å². The molecule has 0 amide bonds. The van der Waals surface area contributed by atoms with E-state index >= 15 is 0 Å². The highest BCUT2D eigenvalue weighted by molar-refractivity contribution is 4.44. The summed E-state index contributed by atoms with van der Waals surface area (Å²) in [5.41, 5.74) is 0. The van der Waals surface area contributed by atoms with Crippen molar-refractivity contribution >= 4 is 0 Å². The fourth-order valence-corrected chi connectivity index (χ4v) is 1.25. The van der Waals surface area contributed by atoms with E-state index in [4.69, 9.17) is 10.2 Å². The summed E-state index contributed by atoms with van der Waals surface area (Å²) >= 11 is 0. The Bertz CT molecular complexity index is 113. The molecule has 0 aliphatic rings. The van der Waals surface area contributed by atoms with Gasteiger partial charge in [0.2, 0.25) is 0 Å². The Labute approximate surface area is 108 Å². The maximum absolute atomic E-state index is 8.56. The first-order chi connectivity index (χ1) is 8.06. The highest BCUT2D eigenvalue weighted by atomic mass is 16.3. The van der Waals surface area contributed by atoms with Crippen LogP contribution in [0.3, 0.4) is 0 Å². The SMILES string of the molecule is CC(O)N(C)C.CCCCCCCCCCO. The van der Waals surface area contributed by atoms with Crippen molar-refractivity contribution in [3.63, 3.8) is 0 Å². The lowest BCUT2D eigenvalue weighted by Crippen LogP contribution is -2.23. The molecule has 3 heteroatoms. The molecule has 0 radical (unpaired) electrons. The number of hydrogen-bond acceptors (Lipinski definition) is 3. The van der Waals surface area contributed by atoms with Crippen LogP contribution in [0, 0.1) is 0 Å². The molecule has 0 saturated heterocycles. The van der Waals surface area contributed by atoms with Crippen molar-refractivity contribution in [2.45, 2.75) is 71.4 Å². The Morgan fingerprint density at radius 2 is 1.24 bits per heavy atom. The van der Waals surface area contributed by atoms with Crippen LogP contribution in [0.5, 0.6) is 0 Å². The van der Waals surface area contributed by atoms with E-state index in [9.17, 15) is 0 Å². The van der Waals surface area contributed by atoms with Crippen molar-refractivity contribution in [1.82, 2.24) is 4.90 Å². The molecule has 1 unspecified atom stereocenters. The van der Waals surface area contributed by atoms with Crippen molar-refractivity contribution in [2.24, 2.45) is 0 Å². The normalized spacial score (nSPS) is 12.2. The lowest BCUT2D eigenvalue weighted by atomic mass is 10.1. The molecule has 0 saturated carbocycles. The molecule has 0 bridgehead atoms. The highest BCUT2D eigenvalue weighted by Gasteiger charge is 1.92. The first-order valence-corrected chi connectivity index (χ1v) is 7.01. The molecule has 0 spiro atoms. The zero-order valence-corrected chi connectivity index (χ0v) is 12.3. The Hall–Kier alpha value is -0.120. The van der Waals surface area contributed by atoms with Gasteiger partial charge < -0.3 is 10.2 Å². The first-order valence-electron chi connectivity index (χ1n) is 7.01. The standard InChI is InChI=1S/C10H22O.C4H11NO/c1-2-3-4-5-6-7-8-9-10-11;1-4(6)5(2)3/h11H,2-10H2,1H3;4,6H,1-3H3. The van der Waals surface area contributed by atoms with Crippen LogP contribution >= 0.6 is 0 Å². The number of nitrogens with zero attached hydrogens (tertiary/aromatic N) is 1. The Kier molecular flexibility index (Phi) is 18.0. The molecule has 0 fully saturated rings. The summed E-state index contributed by atoms with van der Waals surface area (Å²) in [5.74, 6) is 0. The summed E-state index contributed by atoms with van der Waals surface area (Å²) in [5, 5.41) is 17.1. The predicted octanol–water partition coefficient (Wildman–Crippen LogP) is 3.01. The molecule has 0 aliphatic carbocycles. The van der Waals surface area contributed by atoms with E-state index in [-0.39, 0.29) is 6.23 Å². The molecular formula is C14H33NO2. The quantitative estimate of drug-likeness (QED) is 0.486. The smallest absolute Gasteiger partial charge is 0.104 e. The second-order valence-corrected chi connectivity index (χ2v) is 4.79. The summed E-state index contributed by atoms with van der Waals surface area (Å²) < 4.78 is 0. The van der Waals surface area contributed by atoms with Gasteiger partial charge in [0.15, 0.2) is 0 Å². The predicted molar refractivity (Wildman–Crippen MR) is 75.1 cm³/mol. The molecule has 2 N–H and O–H groups in total. The summed E-state index contributed by atoms with van der Waals surface area (Å²) in [6, 6.07) is 0. The minimum atomic E-state index is -0.315. The van der Waals surface area contributed by atoms with E-state index in [1.54, 1.807) is 11.8 Å². The van der Waals surface area contributed by atoms with E-state index < -0.39 is 0 Å². The van der Waals surface area contributed by atoms with Crippen LogP contribution in [0.1, 0.15) is 65.2 Å². The summed E-state index contributed by atoms with van der Waals surface area (Å²) in [6.45, 7) is 4.33. The molecule has 106 valence electrons. The van der Waals surface area contributed by atoms with E-state index in [0.29, 0.717) is 6.61 Å². The summed E-state index contributed by atoms with van der Waals surface area (Å²) in [6.07, 6.45) is 10.1. The third kappa shape index (κ3) is 21.7. The zero-order chi connectivity index (χ0) is 13.5. The molecule has 0 aliphatic heterocycles. The minimum Gasteiger partial charge on any atom is -0.396 e. The van der Waals surface area contributed by atoms with Gasteiger partial charge in [-0.3, -0.25) is 4.90 Å². The van der Waals surface area contributed by atoms with Gasteiger partial charge in [0, 0.05) is 6.61 Å². The van der Waals surface area contributed by atoms with E-state index in [1.807, 2.05) is 14.1 Å². The first kappa shape index (κ1) is 19.2. The Balaban J connectivity index is 0. The summed E-state index contributed by atoms with van der Waals surface area (Å²) in [7, 11) is 3.65. The van der Waals surface area contributed by atoms with Crippen LogP contribution in [0.4, 0.5) is 0 Å². The van der Waals surface area contributed by atoms with Gasteiger partial charge in [-0.2, -0.15) is 0 Å². The van der Waals surface area contributed by atoms with Crippen molar-refractivity contribution in [2.75, 3.05) is 20.7 Å². The van der Waals surface area contributed by atoms with Crippen LogP contribution in [0.15, 0.2) is 0 Å². The second kappa shape index (κ2) is 15.9. The van der Waals surface area contributed by atoms with E-state index in [1.165, 1.54) is 44.9 Å². The van der Waals surface area contributed by atoms with Gasteiger partial charge in [0.1, 0.15) is 6.23 Å². The molecule has 0 heterocycles. The summed E-state index contributed by atoms with van der Waals surface area (Å²) in [4.78, 5) is 1.72. The largest absolute Gasteiger partial charge is 0.396 e.